The van der Waals surface area contributed by atoms with Gasteiger partial charge in [0, 0.05) is 11.6 Å². The molecule has 0 saturated heterocycles. The van der Waals surface area contributed by atoms with Crippen LogP contribution in [-0.2, 0) is 5.75 Å². The molecule has 15 heavy (non-hydrogen) atoms. The van der Waals surface area contributed by atoms with Crippen molar-refractivity contribution in [3.8, 4) is 0 Å². The molecule has 84 valence electrons. The number of thioether (sulfide) groups is 1. The molecule has 1 rings (SSSR count). The number of rotatable bonds is 5. The van der Waals surface area contributed by atoms with Gasteiger partial charge in [-0.25, -0.2) is 0 Å². The number of alkyl halides is 1. The van der Waals surface area contributed by atoms with E-state index in [0.29, 0.717) is 21.8 Å². The van der Waals surface area contributed by atoms with E-state index < -0.39 is 0 Å². The topological polar surface area (TPSA) is 0 Å². The fourth-order valence-corrected chi connectivity index (χ4v) is 2.88. The van der Waals surface area contributed by atoms with Crippen molar-refractivity contribution in [3.63, 3.8) is 0 Å². The highest BCUT2D eigenvalue weighted by Crippen LogP contribution is 2.28. The molecule has 1 unspecified atom stereocenters. The van der Waals surface area contributed by atoms with E-state index in [1.165, 1.54) is 0 Å². The minimum absolute atomic E-state index is 0.537. The first-order valence-electron chi connectivity index (χ1n) is 4.71. The molecule has 1 aromatic rings. The first kappa shape index (κ1) is 13.5. The summed E-state index contributed by atoms with van der Waals surface area (Å²) in [6, 6.07) is 5.74. The van der Waals surface area contributed by atoms with Crippen molar-refractivity contribution in [2.75, 3.05) is 11.6 Å². The summed E-state index contributed by atoms with van der Waals surface area (Å²) >= 11 is 19.6. The first-order valence-corrected chi connectivity index (χ1v) is 7.16. The molecule has 0 radical (unpaired) electrons. The lowest BCUT2D eigenvalue weighted by Crippen LogP contribution is -1.99. The SMILES string of the molecule is CC(CCl)CSCc1cccc(Cl)c1Cl. The van der Waals surface area contributed by atoms with Crippen LogP contribution >= 0.6 is 46.6 Å². The lowest BCUT2D eigenvalue weighted by Gasteiger charge is -2.08. The Morgan fingerprint density at radius 3 is 2.73 bits per heavy atom. The fraction of sp³-hybridized carbons (Fsp3) is 0.455. The van der Waals surface area contributed by atoms with Gasteiger partial charge in [-0.1, -0.05) is 42.3 Å². The third-order valence-electron chi connectivity index (χ3n) is 1.95. The Bertz CT molecular complexity index is 315. The second-order valence-corrected chi connectivity index (χ2v) is 5.61. The van der Waals surface area contributed by atoms with Crippen molar-refractivity contribution in [1.82, 2.24) is 0 Å². The van der Waals surface area contributed by atoms with Gasteiger partial charge in [-0.15, -0.1) is 11.6 Å². The molecular weight excluding hydrogens is 271 g/mol. The summed E-state index contributed by atoms with van der Waals surface area (Å²) in [6.45, 7) is 2.14. The van der Waals surface area contributed by atoms with E-state index in [4.69, 9.17) is 34.8 Å². The van der Waals surface area contributed by atoms with Crippen molar-refractivity contribution in [2.45, 2.75) is 12.7 Å². The zero-order valence-electron chi connectivity index (χ0n) is 8.47. The third kappa shape index (κ3) is 4.44. The van der Waals surface area contributed by atoms with Crippen LogP contribution in [0, 0.1) is 5.92 Å². The van der Waals surface area contributed by atoms with Gasteiger partial charge in [0.25, 0.3) is 0 Å². The van der Waals surface area contributed by atoms with Crippen LogP contribution in [0.5, 0.6) is 0 Å². The smallest absolute Gasteiger partial charge is 0.0632 e. The summed E-state index contributed by atoms with van der Waals surface area (Å²) in [5, 5.41) is 1.30. The van der Waals surface area contributed by atoms with Crippen LogP contribution in [0.15, 0.2) is 18.2 Å². The van der Waals surface area contributed by atoms with E-state index >= 15 is 0 Å². The van der Waals surface area contributed by atoms with Gasteiger partial charge >= 0.3 is 0 Å². The largest absolute Gasteiger partial charge is 0.157 e. The van der Waals surface area contributed by atoms with E-state index in [0.717, 1.165) is 17.1 Å². The molecule has 0 N–H and O–H groups in total. The van der Waals surface area contributed by atoms with Crippen LogP contribution in [0.25, 0.3) is 0 Å². The Morgan fingerprint density at radius 2 is 2.07 bits per heavy atom. The second kappa shape index (κ2) is 6.90. The van der Waals surface area contributed by atoms with Crippen LogP contribution in [0.3, 0.4) is 0 Å². The van der Waals surface area contributed by atoms with E-state index in [9.17, 15) is 0 Å². The standard InChI is InChI=1S/C11H13Cl3S/c1-8(5-12)6-15-7-9-3-2-4-10(13)11(9)14/h2-4,8H,5-7H2,1H3. The number of hydrogen-bond acceptors (Lipinski definition) is 1. The molecule has 0 fully saturated rings. The molecule has 1 aromatic carbocycles. The van der Waals surface area contributed by atoms with Gasteiger partial charge in [0.1, 0.15) is 0 Å². The Labute approximate surface area is 110 Å². The van der Waals surface area contributed by atoms with Gasteiger partial charge in [0.05, 0.1) is 10.0 Å². The fourth-order valence-electron chi connectivity index (χ4n) is 1.07. The van der Waals surface area contributed by atoms with Gasteiger partial charge < -0.3 is 0 Å². The summed E-state index contributed by atoms with van der Waals surface area (Å²) in [4.78, 5) is 0. The minimum Gasteiger partial charge on any atom is -0.157 e. The summed E-state index contributed by atoms with van der Waals surface area (Å²) < 4.78 is 0. The molecule has 0 aliphatic rings. The molecule has 0 spiro atoms. The third-order valence-corrected chi connectivity index (χ3v) is 4.66. The number of halogens is 3. The van der Waals surface area contributed by atoms with Crippen molar-refractivity contribution in [3.05, 3.63) is 33.8 Å². The molecule has 0 saturated carbocycles. The van der Waals surface area contributed by atoms with E-state index in [1.807, 2.05) is 23.9 Å². The maximum Gasteiger partial charge on any atom is 0.0632 e. The zero-order chi connectivity index (χ0) is 11.3. The Morgan fingerprint density at radius 1 is 1.33 bits per heavy atom. The molecule has 0 nitrogen and oxygen atoms in total. The van der Waals surface area contributed by atoms with Crippen LogP contribution in [0.2, 0.25) is 10.0 Å². The van der Waals surface area contributed by atoms with Crippen molar-refractivity contribution < 1.29 is 0 Å². The molecule has 0 aliphatic heterocycles. The molecule has 0 aliphatic carbocycles. The van der Waals surface area contributed by atoms with E-state index in [2.05, 4.69) is 6.92 Å². The number of benzene rings is 1. The summed E-state index contributed by atoms with van der Waals surface area (Å²) in [7, 11) is 0. The maximum absolute atomic E-state index is 6.07. The normalized spacial score (nSPS) is 12.8. The summed E-state index contributed by atoms with van der Waals surface area (Å²) in [6.07, 6.45) is 0. The van der Waals surface area contributed by atoms with Crippen LogP contribution in [-0.4, -0.2) is 11.6 Å². The summed E-state index contributed by atoms with van der Waals surface area (Å²) in [5.41, 5.74) is 1.09. The lowest BCUT2D eigenvalue weighted by molar-refractivity contribution is 0.759. The Kier molecular flexibility index (Phi) is 6.21. The predicted molar refractivity (Wildman–Crippen MR) is 72.5 cm³/mol. The molecule has 0 amide bonds. The van der Waals surface area contributed by atoms with Crippen molar-refractivity contribution in [2.24, 2.45) is 5.92 Å². The molecule has 1 atom stereocenters. The van der Waals surface area contributed by atoms with Crippen molar-refractivity contribution in [1.29, 1.82) is 0 Å². The average molecular weight is 284 g/mol. The monoisotopic (exact) mass is 282 g/mol. The van der Waals surface area contributed by atoms with E-state index in [1.54, 1.807) is 6.07 Å². The minimum atomic E-state index is 0.537. The molecule has 0 aromatic heterocycles. The van der Waals surface area contributed by atoms with Gasteiger partial charge in [0.2, 0.25) is 0 Å². The molecule has 0 heterocycles. The Balaban J connectivity index is 2.47. The highest BCUT2D eigenvalue weighted by Gasteiger charge is 2.05. The highest BCUT2D eigenvalue weighted by molar-refractivity contribution is 7.98. The quantitative estimate of drug-likeness (QED) is 0.677. The van der Waals surface area contributed by atoms with Gasteiger partial charge in [-0.2, -0.15) is 11.8 Å². The van der Waals surface area contributed by atoms with Crippen molar-refractivity contribution >= 4 is 46.6 Å². The van der Waals surface area contributed by atoms with Crippen LogP contribution in [0.4, 0.5) is 0 Å². The van der Waals surface area contributed by atoms with Gasteiger partial charge in [-0.05, 0) is 23.3 Å². The Hall–Kier alpha value is 0.440. The molecule has 4 heteroatoms. The van der Waals surface area contributed by atoms with Gasteiger partial charge in [0.15, 0.2) is 0 Å². The highest BCUT2D eigenvalue weighted by atomic mass is 35.5. The lowest BCUT2D eigenvalue weighted by atomic mass is 10.2. The molecular formula is C11H13Cl3S. The average Bonchev–Trinajstić information content (AvgIpc) is 2.24. The van der Waals surface area contributed by atoms with Crippen LogP contribution in [0.1, 0.15) is 12.5 Å². The summed E-state index contributed by atoms with van der Waals surface area (Å²) in [5.74, 6) is 3.18. The number of hydrogen-bond donors (Lipinski definition) is 0. The van der Waals surface area contributed by atoms with E-state index in [-0.39, 0.29) is 0 Å². The van der Waals surface area contributed by atoms with Gasteiger partial charge in [-0.3, -0.25) is 0 Å². The second-order valence-electron chi connectivity index (χ2n) is 3.49. The zero-order valence-corrected chi connectivity index (χ0v) is 11.6. The predicted octanol–water partition coefficient (Wildman–Crippen LogP) is 5.10. The first-order chi connectivity index (χ1) is 7.15. The maximum atomic E-state index is 6.07. The van der Waals surface area contributed by atoms with Crippen LogP contribution < -0.4 is 0 Å². The molecule has 0 bridgehead atoms.